The topological polar surface area (TPSA) is 146 Å². The molecule has 1 amide bonds. The normalized spacial score (nSPS) is 11.7. The Morgan fingerprint density at radius 2 is 0.880 bits per heavy atom. The third-order valence-electron chi connectivity index (χ3n) is 8.77. The van der Waals surface area contributed by atoms with Crippen LogP contribution in [0, 0.1) is 0 Å². The SMILES string of the molecule is CCCCCCC/C=C\CCCCCCCC(=O)OCC(COC(=O)CCCCCCC/C=C\CCCCCCC)NC(=O)CCNC(N)N. The first-order valence-electron chi connectivity index (χ1n) is 20.5. The van der Waals surface area contributed by atoms with Gasteiger partial charge >= 0.3 is 11.9 Å². The zero-order chi connectivity index (χ0) is 36.8. The predicted octanol–water partition coefficient (Wildman–Crippen LogP) is 9.03. The first-order chi connectivity index (χ1) is 24.4. The van der Waals surface area contributed by atoms with Gasteiger partial charge in [-0.05, 0) is 64.2 Å². The van der Waals surface area contributed by atoms with Gasteiger partial charge in [-0.25, -0.2) is 0 Å². The maximum atomic E-state index is 12.4. The number of allylic oxidation sites excluding steroid dienone is 4. The number of unbranched alkanes of at least 4 members (excludes halogenated alkanes) is 20. The van der Waals surface area contributed by atoms with Gasteiger partial charge in [0.15, 0.2) is 0 Å². The lowest BCUT2D eigenvalue weighted by Gasteiger charge is -2.19. The highest BCUT2D eigenvalue weighted by Crippen LogP contribution is 2.12. The molecule has 0 radical (unpaired) electrons. The van der Waals surface area contributed by atoms with E-state index < -0.39 is 12.3 Å². The Balaban J connectivity index is 4.17. The van der Waals surface area contributed by atoms with Gasteiger partial charge in [-0.2, -0.15) is 0 Å². The van der Waals surface area contributed by atoms with Crippen LogP contribution in [0.25, 0.3) is 0 Å². The van der Waals surface area contributed by atoms with E-state index in [0.717, 1.165) is 64.2 Å². The van der Waals surface area contributed by atoms with Crippen molar-refractivity contribution in [3.8, 4) is 0 Å². The van der Waals surface area contributed by atoms with Crippen molar-refractivity contribution in [2.24, 2.45) is 11.5 Å². The van der Waals surface area contributed by atoms with Crippen LogP contribution in [0.1, 0.15) is 187 Å². The van der Waals surface area contributed by atoms with Gasteiger partial charge in [-0.1, -0.05) is 128 Å². The Morgan fingerprint density at radius 3 is 1.26 bits per heavy atom. The summed E-state index contributed by atoms with van der Waals surface area (Å²) in [4.78, 5) is 37.2. The molecule has 0 heterocycles. The van der Waals surface area contributed by atoms with Crippen molar-refractivity contribution in [1.29, 1.82) is 0 Å². The van der Waals surface area contributed by atoms with Crippen molar-refractivity contribution in [3.05, 3.63) is 24.3 Å². The minimum atomic E-state index is -0.709. The lowest BCUT2D eigenvalue weighted by molar-refractivity contribution is -0.149. The van der Waals surface area contributed by atoms with Crippen molar-refractivity contribution in [3.63, 3.8) is 0 Å². The van der Waals surface area contributed by atoms with Gasteiger partial charge in [0.05, 0.1) is 6.04 Å². The average Bonchev–Trinajstić information content (AvgIpc) is 3.09. The molecule has 0 rings (SSSR count). The van der Waals surface area contributed by atoms with Gasteiger partial charge in [-0.15, -0.1) is 0 Å². The van der Waals surface area contributed by atoms with Crippen LogP contribution in [0.5, 0.6) is 0 Å². The molecule has 0 bridgehead atoms. The molecule has 9 nitrogen and oxygen atoms in total. The molecule has 0 unspecified atom stereocenters. The Labute approximate surface area is 306 Å². The summed E-state index contributed by atoms with van der Waals surface area (Å²) < 4.78 is 10.9. The first-order valence-corrected chi connectivity index (χ1v) is 20.5. The van der Waals surface area contributed by atoms with Crippen molar-refractivity contribution in [2.45, 2.75) is 200 Å². The molecule has 0 spiro atoms. The van der Waals surface area contributed by atoms with Crippen LogP contribution >= 0.6 is 0 Å². The summed E-state index contributed by atoms with van der Waals surface area (Å²) in [6.45, 7) is 4.72. The summed E-state index contributed by atoms with van der Waals surface area (Å²) in [5.74, 6) is -0.865. The molecule has 0 aromatic rings. The van der Waals surface area contributed by atoms with Gasteiger partial charge in [0.1, 0.15) is 19.5 Å². The molecular formula is C41H78N4O5. The molecule has 0 atom stereocenters. The lowest BCUT2D eigenvalue weighted by atomic mass is 10.1. The monoisotopic (exact) mass is 707 g/mol. The van der Waals surface area contributed by atoms with Crippen molar-refractivity contribution in [2.75, 3.05) is 19.8 Å². The lowest BCUT2D eigenvalue weighted by Crippen LogP contribution is -2.47. The van der Waals surface area contributed by atoms with Crippen molar-refractivity contribution < 1.29 is 23.9 Å². The van der Waals surface area contributed by atoms with Crippen LogP contribution in [0.4, 0.5) is 0 Å². The van der Waals surface area contributed by atoms with E-state index >= 15 is 0 Å². The third kappa shape index (κ3) is 37.0. The van der Waals surface area contributed by atoms with E-state index in [1.807, 2.05) is 0 Å². The van der Waals surface area contributed by atoms with Crippen molar-refractivity contribution >= 4 is 17.8 Å². The number of nitrogens with one attached hydrogen (secondary N) is 2. The minimum Gasteiger partial charge on any atom is -0.463 e. The fraction of sp³-hybridized carbons (Fsp3) is 0.829. The average molecular weight is 707 g/mol. The molecule has 0 aliphatic heterocycles. The van der Waals surface area contributed by atoms with Crippen LogP contribution in [0.3, 0.4) is 0 Å². The number of rotatable bonds is 37. The second-order valence-corrected chi connectivity index (χ2v) is 13.8. The van der Waals surface area contributed by atoms with E-state index in [1.54, 1.807) is 0 Å². The van der Waals surface area contributed by atoms with E-state index in [0.29, 0.717) is 19.4 Å². The summed E-state index contributed by atoms with van der Waals surface area (Å²) in [5, 5.41) is 5.60. The molecule has 0 aliphatic carbocycles. The molecule has 6 N–H and O–H groups in total. The molecule has 0 fully saturated rings. The number of esters is 2. The van der Waals surface area contributed by atoms with E-state index in [-0.39, 0.29) is 37.5 Å². The summed E-state index contributed by atoms with van der Waals surface area (Å²) in [6, 6.07) is -0.615. The van der Waals surface area contributed by atoms with Gasteiger partial charge in [0, 0.05) is 25.8 Å². The highest BCUT2D eigenvalue weighted by atomic mass is 16.5. The molecule has 0 saturated carbocycles. The maximum absolute atomic E-state index is 12.4. The van der Waals surface area contributed by atoms with E-state index in [4.69, 9.17) is 20.9 Å². The van der Waals surface area contributed by atoms with Crippen LogP contribution in [-0.4, -0.2) is 49.9 Å². The molecule has 292 valence electrons. The number of carbonyl (C=O) groups excluding carboxylic acids is 3. The largest absolute Gasteiger partial charge is 0.463 e. The zero-order valence-electron chi connectivity index (χ0n) is 32.4. The number of hydrogen-bond donors (Lipinski definition) is 4. The molecular weight excluding hydrogens is 628 g/mol. The fourth-order valence-electron chi connectivity index (χ4n) is 5.64. The molecule has 0 aromatic carbocycles. The number of ether oxygens (including phenoxy) is 2. The first kappa shape index (κ1) is 47.8. The van der Waals surface area contributed by atoms with E-state index in [1.165, 1.54) is 89.9 Å². The summed E-state index contributed by atoms with van der Waals surface area (Å²) in [7, 11) is 0. The highest BCUT2D eigenvalue weighted by Gasteiger charge is 2.17. The zero-order valence-corrected chi connectivity index (χ0v) is 32.4. The van der Waals surface area contributed by atoms with Gasteiger partial charge in [0.2, 0.25) is 5.91 Å². The smallest absolute Gasteiger partial charge is 0.305 e. The molecule has 50 heavy (non-hydrogen) atoms. The predicted molar refractivity (Wildman–Crippen MR) is 208 cm³/mol. The Morgan fingerprint density at radius 1 is 0.520 bits per heavy atom. The van der Waals surface area contributed by atoms with Crippen molar-refractivity contribution in [1.82, 2.24) is 10.6 Å². The van der Waals surface area contributed by atoms with Crippen LogP contribution < -0.4 is 22.1 Å². The molecule has 0 saturated heterocycles. The summed E-state index contributed by atoms with van der Waals surface area (Å²) in [6.07, 6.45) is 37.7. The number of nitrogens with two attached hydrogens (primary N) is 2. The second-order valence-electron chi connectivity index (χ2n) is 13.8. The van der Waals surface area contributed by atoms with Gasteiger partial charge in [-0.3, -0.25) is 19.7 Å². The van der Waals surface area contributed by atoms with Crippen LogP contribution in [0.15, 0.2) is 24.3 Å². The van der Waals surface area contributed by atoms with E-state index in [2.05, 4.69) is 48.8 Å². The summed E-state index contributed by atoms with van der Waals surface area (Å²) >= 11 is 0. The third-order valence-corrected chi connectivity index (χ3v) is 8.77. The molecule has 0 aliphatic rings. The number of carbonyl (C=O) groups is 3. The highest BCUT2D eigenvalue weighted by molar-refractivity contribution is 5.76. The standard InChI is InChI=1S/C41H78N4O5/c1-3-5-7-9-11-13-15-17-19-21-23-25-27-29-31-39(47)49-35-37(45-38(46)33-34-44-41(42)43)36-50-40(48)32-30-28-26-24-22-20-18-16-14-12-10-8-6-4-2/h15-18,37,41,44H,3-14,19-36,42-43H2,1-2H3,(H,45,46)/b17-15-,18-16-. The van der Waals surface area contributed by atoms with Gasteiger partial charge < -0.3 is 26.3 Å². The quantitative estimate of drug-likeness (QED) is 0.0217. The van der Waals surface area contributed by atoms with E-state index in [9.17, 15) is 14.4 Å². The number of amides is 1. The summed E-state index contributed by atoms with van der Waals surface area (Å²) in [5.41, 5.74) is 11.0. The minimum absolute atomic E-state index is 0.0417. The molecule has 0 aromatic heterocycles. The maximum Gasteiger partial charge on any atom is 0.305 e. The Kier molecular flexibility index (Phi) is 36.3. The van der Waals surface area contributed by atoms with Crippen LogP contribution in [0.2, 0.25) is 0 Å². The second kappa shape index (κ2) is 38.0. The number of hydrogen-bond acceptors (Lipinski definition) is 8. The Hall–Kier alpha value is -2.23. The molecule has 9 heteroatoms. The van der Waals surface area contributed by atoms with Gasteiger partial charge in [0.25, 0.3) is 0 Å². The Bertz CT molecular complexity index is 795. The fourth-order valence-corrected chi connectivity index (χ4v) is 5.64. The van der Waals surface area contributed by atoms with Crippen LogP contribution in [-0.2, 0) is 23.9 Å².